The number of hydrogen-bond donors (Lipinski definition) is 1. The number of nitrogens with zero attached hydrogens (tertiary/aromatic N) is 3. The van der Waals surface area contributed by atoms with Crippen LogP contribution in [0.1, 0.15) is 45.5 Å². The molecule has 1 unspecified atom stereocenters. The largest absolute Gasteiger partial charge is 0.450 e. The first kappa shape index (κ1) is 16.3. The van der Waals surface area contributed by atoms with Gasteiger partial charge >= 0.3 is 5.97 Å². The van der Waals surface area contributed by atoms with Gasteiger partial charge in [-0.25, -0.2) is 14.8 Å². The van der Waals surface area contributed by atoms with Crippen molar-refractivity contribution >= 4 is 27.5 Å². The van der Waals surface area contributed by atoms with Crippen molar-refractivity contribution in [3.05, 3.63) is 50.4 Å². The van der Waals surface area contributed by atoms with Gasteiger partial charge in [-0.05, 0) is 33.3 Å². The minimum atomic E-state index is -0.708. The molecule has 3 aromatic heterocycles. The highest BCUT2D eigenvalue weighted by Gasteiger charge is 2.19. The van der Waals surface area contributed by atoms with Gasteiger partial charge in [0.15, 0.2) is 17.6 Å². The van der Waals surface area contributed by atoms with E-state index in [1.165, 1.54) is 23.7 Å². The predicted octanol–water partition coefficient (Wildman–Crippen LogP) is 2.62. The Morgan fingerprint density at radius 2 is 2.00 bits per heavy atom. The summed E-state index contributed by atoms with van der Waals surface area (Å²) in [7, 11) is 0. The number of hydrogen-bond acceptors (Lipinski definition) is 7. The number of H-pyrrole nitrogens is 1. The molecule has 3 aromatic rings. The predicted molar refractivity (Wildman–Crippen MR) is 90.3 cm³/mol. The molecule has 24 heavy (non-hydrogen) atoms. The summed E-state index contributed by atoms with van der Waals surface area (Å²) in [4.78, 5) is 41.2. The molecule has 3 rings (SSSR count). The molecule has 0 aliphatic carbocycles. The summed E-state index contributed by atoms with van der Waals surface area (Å²) in [5.41, 5.74) is 1.52. The third-order valence-electron chi connectivity index (χ3n) is 3.72. The molecule has 0 radical (unpaired) electrons. The van der Waals surface area contributed by atoms with E-state index in [0.29, 0.717) is 21.7 Å². The number of fused-ring (bicyclic) bond motifs is 1. The molecule has 0 aliphatic rings. The quantitative estimate of drug-likeness (QED) is 0.734. The molecule has 0 saturated heterocycles. The van der Waals surface area contributed by atoms with Gasteiger partial charge in [0.1, 0.15) is 4.83 Å². The van der Waals surface area contributed by atoms with Gasteiger partial charge < -0.3 is 9.72 Å². The minimum Gasteiger partial charge on any atom is -0.450 e. The summed E-state index contributed by atoms with van der Waals surface area (Å²) in [6, 6.07) is 0. The number of aromatic nitrogens is 4. The van der Waals surface area contributed by atoms with Crippen LogP contribution in [0.5, 0.6) is 0 Å². The summed E-state index contributed by atoms with van der Waals surface area (Å²) < 4.78 is 5.33. The van der Waals surface area contributed by atoms with E-state index in [4.69, 9.17) is 4.74 Å². The van der Waals surface area contributed by atoms with Crippen molar-refractivity contribution in [1.82, 2.24) is 19.9 Å². The third kappa shape index (κ3) is 2.92. The second kappa shape index (κ2) is 6.12. The average molecular weight is 344 g/mol. The van der Waals surface area contributed by atoms with Crippen LogP contribution in [0.15, 0.2) is 17.2 Å². The monoisotopic (exact) mass is 344 g/mol. The van der Waals surface area contributed by atoms with Gasteiger partial charge in [0, 0.05) is 11.1 Å². The Morgan fingerprint density at radius 1 is 1.25 bits per heavy atom. The molecule has 0 spiro atoms. The van der Waals surface area contributed by atoms with Crippen molar-refractivity contribution in [3.63, 3.8) is 0 Å². The molecule has 8 heteroatoms. The molecule has 0 amide bonds. The topological polar surface area (TPSA) is 97.8 Å². The maximum atomic E-state index is 12.3. The molecule has 0 fully saturated rings. The Labute approximate surface area is 141 Å². The lowest BCUT2D eigenvalue weighted by molar-refractivity contribution is 0.0312. The lowest BCUT2D eigenvalue weighted by Crippen LogP contribution is -2.18. The first-order valence-corrected chi connectivity index (χ1v) is 8.18. The Morgan fingerprint density at radius 3 is 2.67 bits per heavy atom. The number of thiophene rings is 1. The smallest absolute Gasteiger partial charge is 0.359 e. The van der Waals surface area contributed by atoms with Crippen LogP contribution < -0.4 is 5.56 Å². The lowest BCUT2D eigenvalue weighted by Gasteiger charge is -2.12. The molecule has 0 aromatic carbocycles. The molecule has 0 aliphatic heterocycles. The van der Waals surface area contributed by atoms with Crippen LogP contribution in [0.3, 0.4) is 0 Å². The van der Waals surface area contributed by atoms with E-state index in [1.807, 2.05) is 13.8 Å². The maximum Gasteiger partial charge on any atom is 0.359 e. The Kier molecular flexibility index (Phi) is 4.15. The van der Waals surface area contributed by atoms with Gasteiger partial charge in [-0.2, -0.15) is 0 Å². The van der Waals surface area contributed by atoms with Gasteiger partial charge in [0.25, 0.3) is 5.56 Å². The second-order valence-electron chi connectivity index (χ2n) is 5.51. The zero-order valence-electron chi connectivity index (χ0n) is 13.7. The van der Waals surface area contributed by atoms with Gasteiger partial charge in [0.05, 0.1) is 17.3 Å². The van der Waals surface area contributed by atoms with Crippen LogP contribution in [0, 0.1) is 20.8 Å². The van der Waals surface area contributed by atoms with Crippen LogP contribution >= 0.6 is 11.3 Å². The molecule has 7 nitrogen and oxygen atoms in total. The van der Waals surface area contributed by atoms with Crippen LogP contribution in [0.25, 0.3) is 10.2 Å². The van der Waals surface area contributed by atoms with E-state index in [0.717, 1.165) is 10.4 Å². The minimum absolute atomic E-state index is 0.110. The van der Waals surface area contributed by atoms with Crippen molar-refractivity contribution in [2.45, 2.75) is 33.8 Å². The van der Waals surface area contributed by atoms with Crippen molar-refractivity contribution in [3.8, 4) is 0 Å². The molecule has 1 N–H and O–H groups in total. The molecular weight excluding hydrogens is 328 g/mol. The lowest BCUT2D eigenvalue weighted by atomic mass is 10.2. The summed E-state index contributed by atoms with van der Waals surface area (Å²) in [5, 5.41) is 0.587. The number of carbonyl (C=O) groups is 1. The van der Waals surface area contributed by atoms with E-state index >= 15 is 0 Å². The number of esters is 1. The van der Waals surface area contributed by atoms with Crippen LogP contribution in [0.4, 0.5) is 0 Å². The van der Waals surface area contributed by atoms with Crippen LogP contribution in [0.2, 0.25) is 0 Å². The summed E-state index contributed by atoms with van der Waals surface area (Å²) in [6.45, 7) is 7.27. The van der Waals surface area contributed by atoms with Crippen molar-refractivity contribution in [1.29, 1.82) is 0 Å². The molecular formula is C16H16N4O3S. The standard InChI is InChI=1S/C16H16N4O3S/c1-7-5-18-11(6-17-7)16(22)23-9(3)13-19-14(21)12-8(2)10(4)24-15(12)20-13/h5-6,9H,1-4H3,(H,19,20,21). The number of nitrogens with one attached hydrogen (secondary N) is 1. The van der Waals surface area contributed by atoms with Crippen molar-refractivity contribution in [2.24, 2.45) is 0 Å². The van der Waals surface area contributed by atoms with Crippen LogP contribution in [-0.4, -0.2) is 25.9 Å². The number of aryl methyl sites for hydroxylation is 3. The number of rotatable bonds is 3. The molecule has 124 valence electrons. The van der Waals surface area contributed by atoms with Gasteiger partial charge in [-0.15, -0.1) is 11.3 Å². The molecule has 3 heterocycles. The highest BCUT2D eigenvalue weighted by atomic mass is 32.1. The first-order chi connectivity index (χ1) is 11.4. The Hall–Kier alpha value is -2.61. The fourth-order valence-electron chi connectivity index (χ4n) is 2.24. The molecule has 1 atom stereocenters. The Bertz CT molecular complexity index is 975. The number of ether oxygens (including phenoxy) is 1. The Balaban J connectivity index is 1.88. The van der Waals surface area contributed by atoms with Gasteiger partial charge in [0.2, 0.25) is 0 Å². The maximum absolute atomic E-state index is 12.3. The summed E-state index contributed by atoms with van der Waals surface area (Å²) in [5.74, 6) is -0.307. The van der Waals surface area contributed by atoms with Crippen molar-refractivity contribution in [2.75, 3.05) is 0 Å². The highest BCUT2D eigenvalue weighted by Crippen LogP contribution is 2.27. The normalized spacial score (nSPS) is 12.3. The van der Waals surface area contributed by atoms with Crippen molar-refractivity contribution < 1.29 is 9.53 Å². The summed E-state index contributed by atoms with van der Waals surface area (Å²) in [6.07, 6.45) is 2.14. The first-order valence-electron chi connectivity index (χ1n) is 7.36. The number of aromatic amines is 1. The highest BCUT2D eigenvalue weighted by molar-refractivity contribution is 7.18. The fraction of sp³-hybridized carbons (Fsp3) is 0.312. The summed E-state index contributed by atoms with van der Waals surface area (Å²) >= 11 is 1.45. The zero-order chi connectivity index (χ0) is 17.4. The van der Waals surface area contributed by atoms with E-state index in [9.17, 15) is 9.59 Å². The van der Waals surface area contributed by atoms with E-state index in [-0.39, 0.29) is 11.3 Å². The number of carbonyl (C=O) groups excluding carboxylic acids is 1. The van der Waals surface area contributed by atoms with E-state index in [2.05, 4.69) is 19.9 Å². The van der Waals surface area contributed by atoms with Gasteiger partial charge in [-0.1, -0.05) is 0 Å². The van der Waals surface area contributed by atoms with Gasteiger partial charge in [-0.3, -0.25) is 9.78 Å². The van der Waals surface area contributed by atoms with E-state index < -0.39 is 12.1 Å². The van der Waals surface area contributed by atoms with E-state index in [1.54, 1.807) is 13.8 Å². The molecule has 0 bridgehead atoms. The zero-order valence-corrected chi connectivity index (χ0v) is 14.5. The van der Waals surface area contributed by atoms with Crippen LogP contribution in [-0.2, 0) is 4.74 Å². The second-order valence-corrected chi connectivity index (χ2v) is 6.71. The SMILES string of the molecule is Cc1cnc(C(=O)OC(C)c2nc3sc(C)c(C)c3c(=O)[nH]2)cn1. The average Bonchev–Trinajstić information content (AvgIpc) is 2.82. The molecule has 0 saturated carbocycles. The third-order valence-corrected chi connectivity index (χ3v) is 4.82. The fourth-order valence-corrected chi connectivity index (χ4v) is 3.28.